The Bertz CT molecular complexity index is 358. The zero-order chi connectivity index (χ0) is 13.4. The van der Waals surface area contributed by atoms with Gasteiger partial charge in [-0.15, -0.1) is 0 Å². The van der Waals surface area contributed by atoms with E-state index in [4.69, 9.17) is 16.3 Å². The van der Waals surface area contributed by atoms with Crippen LogP contribution in [0.15, 0.2) is 6.07 Å². The van der Waals surface area contributed by atoms with Crippen molar-refractivity contribution < 1.29 is 4.74 Å². The molecule has 0 N–H and O–H groups in total. The van der Waals surface area contributed by atoms with E-state index in [1.165, 1.54) is 25.7 Å². The number of unbranched alkanes of at least 4 members (excludes halogenated alkanes) is 3. The van der Waals surface area contributed by atoms with E-state index >= 15 is 0 Å². The molecule has 18 heavy (non-hydrogen) atoms. The van der Waals surface area contributed by atoms with Crippen molar-refractivity contribution in [2.24, 2.45) is 0 Å². The number of halogens is 1. The van der Waals surface area contributed by atoms with Crippen LogP contribution in [0.2, 0.25) is 5.15 Å². The summed E-state index contributed by atoms with van der Waals surface area (Å²) in [6.45, 7) is 6.30. The second-order valence-corrected chi connectivity index (χ2v) is 4.96. The van der Waals surface area contributed by atoms with Gasteiger partial charge in [0.15, 0.2) is 0 Å². The molecule has 1 rings (SSSR count). The van der Waals surface area contributed by atoms with Crippen LogP contribution in [0.3, 0.4) is 0 Å². The van der Waals surface area contributed by atoms with Crippen molar-refractivity contribution in [1.29, 1.82) is 0 Å². The molecule has 4 heteroatoms. The summed E-state index contributed by atoms with van der Waals surface area (Å²) in [4.78, 5) is 8.44. The molecule has 0 saturated carbocycles. The molecule has 0 aromatic carbocycles. The lowest BCUT2D eigenvalue weighted by Crippen LogP contribution is -2.13. The highest BCUT2D eigenvalue weighted by atomic mass is 35.5. The summed E-state index contributed by atoms with van der Waals surface area (Å²) >= 11 is 5.93. The van der Waals surface area contributed by atoms with Gasteiger partial charge in [-0.1, -0.05) is 44.7 Å². The summed E-state index contributed by atoms with van der Waals surface area (Å²) < 4.78 is 5.78. The lowest BCUT2D eigenvalue weighted by molar-refractivity contribution is 0.197. The molecule has 0 aliphatic carbocycles. The lowest BCUT2D eigenvalue weighted by Gasteiger charge is -2.14. The molecule has 3 nitrogen and oxygen atoms in total. The van der Waals surface area contributed by atoms with Crippen LogP contribution in [0.25, 0.3) is 0 Å². The van der Waals surface area contributed by atoms with Gasteiger partial charge < -0.3 is 4.74 Å². The predicted molar refractivity (Wildman–Crippen MR) is 75.3 cm³/mol. The molecule has 1 aromatic rings. The molecule has 1 atom stereocenters. The highest BCUT2D eigenvalue weighted by molar-refractivity contribution is 6.29. The van der Waals surface area contributed by atoms with Crippen LogP contribution in [-0.2, 0) is 6.42 Å². The first kappa shape index (κ1) is 15.2. The zero-order valence-electron chi connectivity index (χ0n) is 11.6. The molecule has 0 saturated heterocycles. The molecule has 0 radical (unpaired) electrons. The fraction of sp³-hybridized carbons (Fsp3) is 0.714. The van der Waals surface area contributed by atoms with Gasteiger partial charge in [0.25, 0.3) is 0 Å². The Kier molecular flexibility index (Phi) is 7.02. The maximum absolute atomic E-state index is 5.93. The number of aromatic nitrogens is 2. The molecule has 1 heterocycles. The largest absolute Gasteiger partial charge is 0.475 e. The quantitative estimate of drug-likeness (QED) is 0.518. The molecule has 0 aliphatic heterocycles. The molecule has 0 fully saturated rings. The SMILES string of the molecule is CCCCCCC(C)Oc1cc(Cl)nc(CC)n1. The second kappa shape index (κ2) is 8.30. The van der Waals surface area contributed by atoms with Gasteiger partial charge in [0.1, 0.15) is 11.0 Å². The van der Waals surface area contributed by atoms with Crippen LogP contribution in [-0.4, -0.2) is 16.1 Å². The van der Waals surface area contributed by atoms with E-state index in [-0.39, 0.29) is 6.10 Å². The standard InChI is InChI=1S/C14H23ClN2O/c1-4-6-7-8-9-11(3)18-14-10-12(15)16-13(5-2)17-14/h10-11H,4-9H2,1-3H3. The van der Waals surface area contributed by atoms with Crippen LogP contribution < -0.4 is 4.74 Å². The number of aryl methyl sites for hydroxylation is 1. The highest BCUT2D eigenvalue weighted by Crippen LogP contribution is 2.17. The topological polar surface area (TPSA) is 35.0 Å². The fourth-order valence-corrected chi connectivity index (χ4v) is 1.97. The number of hydrogen-bond donors (Lipinski definition) is 0. The van der Waals surface area contributed by atoms with Crippen molar-refractivity contribution >= 4 is 11.6 Å². The summed E-state index contributed by atoms with van der Waals surface area (Å²) in [6.07, 6.45) is 7.04. The molecule has 0 amide bonds. The van der Waals surface area contributed by atoms with Gasteiger partial charge in [-0.2, -0.15) is 4.98 Å². The molecule has 102 valence electrons. The minimum absolute atomic E-state index is 0.178. The van der Waals surface area contributed by atoms with Crippen molar-refractivity contribution in [3.63, 3.8) is 0 Å². The number of nitrogens with zero attached hydrogens (tertiary/aromatic N) is 2. The number of hydrogen-bond acceptors (Lipinski definition) is 3. The normalized spacial score (nSPS) is 12.4. The van der Waals surface area contributed by atoms with E-state index in [0.29, 0.717) is 11.0 Å². The summed E-state index contributed by atoms with van der Waals surface area (Å²) in [5, 5.41) is 0.454. The zero-order valence-corrected chi connectivity index (χ0v) is 12.3. The summed E-state index contributed by atoms with van der Waals surface area (Å²) in [7, 11) is 0. The van der Waals surface area contributed by atoms with Gasteiger partial charge in [-0.25, -0.2) is 4.98 Å². The maximum atomic E-state index is 5.93. The second-order valence-electron chi connectivity index (χ2n) is 4.58. The summed E-state index contributed by atoms with van der Waals surface area (Å²) in [5.74, 6) is 1.32. The van der Waals surface area contributed by atoms with Crippen molar-refractivity contribution in [3.05, 3.63) is 17.0 Å². The minimum atomic E-state index is 0.178. The first-order chi connectivity index (χ1) is 8.65. The van der Waals surface area contributed by atoms with E-state index in [9.17, 15) is 0 Å². The van der Waals surface area contributed by atoms with Crippen molar-refractivity contribution in [2.75, 3.05) is 0 Å². The average Bonchev–Trinajstić information content (AvgIpc) is 2.34. The molecule has 1 aromatic heterocycles. The Morgan fingerprint density at radius 1 is 1.22 bits per heavy atom. The minimum Gasteiger partial charge on any atom is -0.475 e. The Morgan fingerprint density at radius 3 is 2.67 bits per heavy atom. The van der Waals surface area contributed by atoms with Crippen molar-refractivity contribution in [2.45, 2.75) is 65.4 Å². The molecular weight excluding hydrogens is 248 g/mol. The van der Waals surface area contributed by atoms with Crippen molar-refractivity contribution in [3.8, 4) is 5.88 Å². The predicted octanol–water partition coefficient (Wildman–Crippen LogP) is 4.43. The number of ether oxygens (including phenoxy) is 1. The summed E-state index contributed by atoms with van der Waals surface area (Å²) in [6, 6.07) is 1.68. The van der Waals surface area contributed by atoms with Crippen LogP contribution in [0.5, 0.6) is 5.88 Å². The first-order valence-electron chi connectivity index (χ1n) is 6.85. The van der Waals surface area contributed by atoms with Gasteiger partial charge >= 0.3 is 0 Å². The van der Waals surface area contributed by atoms with Gasteiger partial charge in [-0.3, -0.25) is 0 Å². The molecular formula is C14H23ClN2O. The van der Waals surface area contributed by atoms with Gasteiger partial charge in [0, 0.05) is 12.5 Å². The third-order valence-corrected chi connectivity index (χ3v) is 3.01. The van der Waals surface area contributed by atoms with E-state index in [0.717, 1.165) is 18.7 Å². The van der Waals surface area contributed by atoms with Gasteiger partial charge in [0.2, 0.25) is 5.88 Å². The molecule has 0 aliphatic rings. The smallest absolute Gasteiger partial charge is 0.218 e. The van der Waals surface area contributed by atoms with E-state index in [1.54, 1.807) is 6.07 Å². The van der Waals surface area contributed by atoms with Gasteiger partial charge in [-0.05, 0) is 19.8 Å². The van der Waals surface area contributed by atoms with Crippen LogP contribution >= 0.6 is 11.6 Å². The van der Waals surface area contributed by atoms with Gasteiger partial charge in [0.05, 0.1) is 6.10 Å². The Morgan fingerprint density at radius 2 is 2.00 bits per heavy atom. The van der Waals surface area contributed by atoms with E-state index in [1.807, 2.05) is 6.92 Å². The molecule has 0 spiro atoms. The van der Waals surface area contributed by atoms with Crippen molar-refractivity contribution in [1.82, 2.24) is 9.97 Å². The maximum Gasteiger partial charge on any atom is 0.218 e. The Labute approximate surface area is 115 Å². The molecule has 0 bridgehead atoms. The third kappa shape index (κ3) is 5.67. The first-order valence-corrected chi connectivity index (χ1v) is 7.23. The molecule has 1 unspecified atom stereocenters. The Balaban J connectivity index is 2.43. The van der Waals surface area contributed by atoms with Crippen LogP contribution in [0.1, 0.15) is 58.7 Å². The average molecular weight is 271 g/mol. The van der Waals surface area contributed by atoms with E-state index in [2.05, 4.69) is 23.8 Å². The van der Waals surface area contributed by atoms with Crippen LogP contribution in [0, 0.1) is 0 Å². The monoisotopic (exact) mass is 270 g/mol. The lowest BCUT2D eigenvalue weighted by atomic mass is 10.1. The Hall–Kier alpha value is -0.830. The third-order valence-electron chi connectivity index (χ3n) is 2.82. The van der Waals surface area contributed by atoms with E-state index < -0.39 is 0 Å². The summed E-state index contributed by atoms with van der Waals surface area (Å²) in [5.41, 5.74) is 0. The number of rotatable bonds is 8. The van der Waals surface area contributed by atoms with Crippen LogP contribution in [0.4, 0.5) is 0 Å². The fourth-order valence-electron chi connectivity index (χ4n) is 1.78. The highest BCUT2D eigenvalue weighted by Gasteiger charge is 2.07.